The Hall–Kier alpha value is -1.56. The molecule has 11 heavy (non-hydrogen) atoms. The number of nitriles is 1. The summed E-state index contributed by atoms with van der Waals surface area (Å²) < 4.78 is 12.8. The standard InChI is InChI=1S/C8H7FN2/c1-5-2-6(4-10)8(11)7(9)3-5/h2-3H,11H2,1H3. The minimum Gasteiger partial charge on any atom is -0.395 e. The molecule has 1 aromatic rings. The highest BCUT2D eigenvalue weighted by Crippen LogP contribution is 2.16. The molecule has 0 bridgehead atoms. The molecule has 0 aliphatic carbocycles. The van der Waals surface area contributed by atoms with Crippen molar-refractivity contribution in [3.8, 4) is 6.07 Å². The molecule has 0 saturated heterocycles. The Balaban J connectivity index is 3.39. The van der Waals surface area contributed by atoms with E-state index in [-0.39, 0.29) is 11.3 Å². The number of aryl methyl sites for hydroxylation is 1. The molecular formula is C8H7FN2. The van der Waals surface area contributed by atoms with Gasteiger partial charge in [0.2, 0.25) is 0 Å². The summed E-state index contributed by atoms with van der Waals surface area (Å²) in [4.78, 5) is 0. The molecule has 0 radical (unpaired) electrons. The zero-order valence-corrected chi connectivity index (χ0v) is 6.06. The Morgan fingerprint density at radius 2 is 2.18 bits per heavy atom. The van der Waals surface area contributed by atoms with Crippen LogP contribution in [0, 0.1) is 24.1 Å². The Morgan fingerprint density at radius 1 is 1.55 bits per heavy atom. The van der Waals surface area contributed by atoms with Gasteiger partial charge < -0.3 is 5.73 Å². The Kier molecular flexibility index (Phi) is 1.77. The van der Waals surface area contributed by atoms with Crippen molar-refractivity contribution >= 4 is 5.69 Å². The van der Waals surface area contributed by atoms with Gasteiger partial charge in [-0.1, -0.05) is 0 Å². The molecule has 0 amide bonds. The lowest BCUT2D eigenvalue weighted by Crippen LogP contribution is -1.95. The predicted octanol–water partition coefficient (Wildman–Crippen LogP) is 1.59. The van der Waals surface area contributed by atoms with Crippen molar-refractivity contribution in [2.45, 2.75) is 6.92 Å². The zero-order chi connectivity index (χ0) is 8.43. The smallest absolute Gasteiger partial charge is 0.147 e. The molecule has 0 saturated carbocycles. The largest absolute Gasteiger partial charge is 0.395 e. The van der Waals surface area contributed by atoms with Crippen molar-refractivity contribution in [1.29, 1.82) is 5.26 Å². The fraction of sp³-hybridized carbons (Fsp3) is 0.125. The van der Waals surface area contributed by atoms with E-state index in [1.54, 1.807) is 13.0 Å². The first-order valence-corrected chi connectivity index (χ1v) is 3.11. The van der Waals surface area contributed by atoms with Gasteiger partial charge in [-0.15, -0.1) is 0 Å². The van der Waals surface area contributed by atoms with E-state index in [0.717, 1.165) is 0 Å². The molecule has 1 aromatic carbocycles. The second kappa shape index (κ2) is 2.59. The number of nitrogen functional groups attached to an aromatic ring is 1. The lowest BCUT2D eigenvalue weighted by Gasteiger charge is -1.99. The maximum absolute atomic E-state index is 12.8. The van der Waals surface area contributed by atoms with Crippen LogP contribution in [0.5, 0.6) is 0 Å². The monoisotopic (exact) mass is 150 g/mol. The van der Waals surface area contributed by atoms with Crippen LogP contribution in [-0.2, 0) is 0 Å². The minimum absolute atomic E-state index is 0.0712. The van der Waals surface area contributed by atoms with Crippen molar-refractivity contribution < 1.29 is 4.39 Å². The lowest BCUT2D eigenvalue weighted by atomic mass is 10.1. The zero-order valence-electron chi connectivity index (χ0n) is 6.06. The molecule has 2 nitrogen and oxygen atoms in total. The number of hydrogen-bond acceptors (Lipinski definition) is 2. The average Bonchev–Trinajstić information content (AvgIpc) is 1.96. The van der Waals surface area contributed by atoms with E-state index in [1.165, 1.54) is 6.07 Å². The summed E-state index contributed by atoms with van der Waals surface area (Å²) in [7, 11) is 0. The molecule has 0 unspecified atom stereocenters. The Morgan fingerprint density at radius 3 is 2.73 bits per heavy atom. The number of nitrogens with two attached hydrogens (primary N) is 1. The van der Waals surface area contributed by atoms with E-state index < -0.39 is 5.82 Å². The quantitative estimate of drug-likeness (QED) is 0.571. The summed E-state index contributed by atoms with van der Waals surface area (Å²) in [5.74, 6) is -0.526. The summed E-state index contributed by atoms with van der Waals surface area (Å²) in [6.45, 7) is 1.71. The molecule has 1 rings (SSSR count). The molecule has 0 atom stereocenters. The minimum atomic E-state index is -0.526. The first-order chi connectivity index (χ1) is 5.15. The van der Waals surface area contributed by atoms with E-state index in [4.69, 9.17) is 11.0 Å². The van der Waals surface area contributed by atoms with Crippen LogP contribution in [0.3, 0.4) is 0 Å². The Labute approximate surface area is 64.1 Å². The number of halogens is 1. The van der Waals surface area contributed by atoms with Crippen LogP contribution in [0.4, 0.5) is 10.1 Å². The van der Waals surface area contributed by atoms with Gasteiger partial charge in [0.15, 0.2) is 0 Å². The molecule has 56 valence electrons. The van der Waals surface area contributed by atoms with Crippen LogP contribution < -0.4 is 5.73 Å². The van der Waals surface area contributed by atoms with Crippen LogP contribution >= 0.6 is 0 Å². The predicted molar refractivity (Wildman–Crippen MR) is 40.3 cm³/mol. The van der Waals surface area contributed by atoms with Crippen molar-refractivity contribution in [3.63, 3.8) is 0 Å². The normalized spacial score (nSPS) is 9.18. The van der Waals surface area contributed by atoms with E-state index in [0.29, 0.717) is 5.56 Å². The molecular weight excluding hydrogens is 143 g/mol. The highest BCUT2D eigenvalue weighted by molar-refractivity contribution is 5.56. The fourth-order valence-corrected chi connectivity index (χ4v) is 0.846. The summed E-state index contributed by atoms with van der Waals surface area (Å²) in [6.07, 6.45) is 0. The van der Waals surface area contributed by atoms with Gasteiger partial charge in [-0.25, -0.2) is 4.39 Å². The van der Waals surface area contributed by atoms with Crippen LogP contribution in [-0.4, -0.2) is 0 Å². The lowest BCUT2D eigenvalue weighted by molar-refractivity contribution is 0.631. The molecule has 0 aromatic heterocycles. The third-order valence-corrected chi connectivity index (χ3v) is 1.39. The van der Waals surface area contributed by atoms with Crippen LogP contribution in [0.1, 0.15) is 11.1 Å². The third kappa shape index (κ3) is 1.30. The van der Waals surface area contributed by atoms with Crippen molar-refractivity contribution in [3.05, 3.63) is 29.1 Å². The number of rotatable bonds is 0. The first-order valence-electron chi connectivity index (χ1n) is 3.11. The molecule has 2 N–H and O–H groups in total. The Bertz CT molecular complexity index is 326. The molecule has 0 aliphatic heterocycles. The van der Waals surface area contributed by atoms with Gasteiger partial charge in [0.05, 0.1) is 11.3 Å². The number of benzene rings is 1. The maximum atomic E-state index is 12.8. The molecule has 0 aliphatic rings. The van der Waals surface area contributed by atoms with Gasteiger partial charge in [0, 0.05) is 0 Å². The second-order valence-corrected chi connectivity index (χ2v) is 2.32. The summed E-state index contributed by atoms with van der Waals surface area (Å²) >= 11 is 0. The van der Waals surface area contributed by atoms with Gasteiger partial charge in [-0.2, -0.15) is 5.26 Å². The number of anilines is 1. The van der Waals surface area contributed by atoms with E-state index in [1.807, 2.05) is 6.07 Å². The van der Waals surface area contributed by atoms with E-state index >= 15 is 0 Å². The van der Waals surface area contributed by atoms with Gasteiger partial charge in [0.25, 0.3) is 0 Å². The van der Waals surface area contributed by atoms with Crippen LogP contribution in [0.25, 0.3) is 0 Å². The topological polar surface area (TPSA) is 49.8 Å². The van der Waals surface area contributed by atoms with Gasteiger partial charge in [-0.3, -0.25) is 0 Å². The molecule has 0 spiro atoms. The van der Waals surface area contributed by atoms with E-state index in [2.05, 4.69) is 0 Å². The summed E-state index contributed by atoms with van der Waals surface area (Å²) in [5.41, 5.74) is 6.09. The maximum Gasteiger partial charge on any atom is 0.147 e. The molecule has 3 heteroatoms. The average molecular weight is 150 g/mol. The molecule has 0 fully saturated rings. The summed E-state index contributed by atoms with van der Waals surface area (Å²) in [6, 6.07) is 4.67. The fourth-order valence-electron chi connectivity index (χ4n) is 0.846. The van der Waals surface area contributed by atoms with Crippen LogP contribution in [0.2, 0.25) is 0 Å². The molecule has 0 heterocycles. The van der Waals surface area contributed by atoms with E-state index in [9.17, 15) is 4.39 Å². The number of hydrogen-bond donors (Lipinski definition) is 1. The van der Waals surface area contributed by atoms with Gasteiger partial charge in [-0.05, 0) is 24.6 Å². The highest BCUT2D eigenvalue weighted by Gasteiger charge is 2.04. The third-order valence-electron chi connectivity index (χ3n) is 1.39. The van der Waals surface area contributed by atoms with Crippen molar-refractivity contribution in [2.24, 2.45) is 0 Å². The van der Waals surface area contributed by atoms with Gasteiger partial charge in [0.1, 0.15) is 11.9 Å². The van der Waals surface area contributed by atoms with Crippen molar-refractivity contribution in [1.82, 2.24) is 0 Å². The summed E-state index contributed by atoms with van der Waals surface area (Å²) in [5, 5.41) is 8.47. The SMILES string of the molecule is Cc1cc(F)c(N)c(C#N)c1. The highest BCUT2D eigenvalue weighted by atomic mass is 19.1. The van der Waals surface area contributed by atoms with Crippen molar-refractivity contribution in [2.75, 3.05) is 5.73 Å². The number of nitrogens with zero attached hydrogens (tertiary/aromatic N) is 1. The van der Waals surface area contributed by atoms with Crippen LogP contribution in [0.15, 0.2) is 12.1 Å². The second-order valence-electron chi connectivity index (χ2n) is 2.32. The van der Waals surface area contributed by atoms with Gasteiger partial charge >= 0.3 is 0 Å². The first kappa shape index (κ1) is 7.55.